The predicted octanol–water partition coefficient (Wildman–Crippen LogP) is 4.81. The Morgan fingerprint density at radius 2 is 1.73 bits per heavy atom. The summed E-state index contributed by atoms with van der Waals surface area (Å²) in [5.41, 5.74) is 3.88. The van der Waals surface area contributed by atoms with Crippen LogP contribution >= 0.6 is 23.1 Å². The lowest BCUT2D eigenvalue weighted by molar-refractivity contribution is -0.113. The Morgan fingerprint density at radius 3 is 2.36 bits per heavy atom. The van der Waals surface area contributed by atoms with E-state index in [2.05, 4.69) is 10.3 Å². The molecule has 0 saturated heterocycles. The number of aryl methyl sites for hydroxylation is 2. The number of hydrogen-bond donors (Lipinski definition) is 1. The van der Waals surface area contributed by atoms with Gasteiger partial charge in [0.2, 0.25) is 5.91 Å². The summed E-state index contributed by atoms with van der Waals surface area (Å²) in [4.78, 5) is 30.7. The van der Waals surface area contributed by atoms with Gasteiger partial charge in [-0.3, -0.25) is 14.2 Å². The van der Waals surface area contributed by atoms with Crippen molar-refractivity contribution in [2.24, 2.45) is 0 Å². The number of thiophene rings is 1. The molecule has 0 fully saturated rings. The Balaban J connectivity index is 1.64. The van der Waals surface area contributed by atoms with Gasteiger partial charge in [0.25, 0.3) is 5.56 Å². The molecule has 0 aliphatic rings. The van der Waals surface area contributed by atoms with Crippen LogP contribution < -0.4 is 20.3 Å². The van der Waals surface area contributed by atoms with Crippen molar-refractivity contribution in [3.8, 4) is 17.2 Å². The maximum atomic E-state index is 13.3. The summed E-state index contributed by atoms with van der Waals surface area (Å²) < 4.78 is 12.7. The molecular weight excluding hydrogens is 458 g/mol. The van der Waals surface area contributed by atoms with E-state index in [4.69, 9.17) is 9.47 Å². The minimum Gasteiger partial charge on any atom is -0.497 e. The van der Waals surface area contributed by atoms with Crippen LogP contribution in [-0.4, -0.2) is 35.4 Å². The number of carbonyl (C=O) groups is 1. The second kappa shape index (κ2) is 9.68. The smallest absolute Gasteiger partial charge is 0.276 e. The molecule has 170 valence electrons. The van der Waals surface area contributed by atoms with E-state index in [0.29, 0.717) is 32.6 Å². The first-order chi connectivity index (χ1) is 15.9. The summed E-state index contributed by atoms with van der Waals surface area (Å²) in [6.07, 6.45) is 0. The van der Waals surface area contributed by atoms with Gasteiger partial charge < -0.3 is 14.8 Å². The van der Waals surface area contributed by atoms with Crippen LogP contribution in [0.5, 0.6) is 11.5 Å². The van der Waals surface area contributed by atoms with Crippen molar-refractivity contribution in [2.75, 3.05) is 25.3 Å². The molecule has 7 nitrogen and oxygen atoms in total. The van der Waals surface area contributed by atoms with E-state index in [9.17, 15) is 9.59 Å². The highest BCUT2D eigenvalue weighted by Gasteiger charge is 2.16. The molecule has 0 atom stereocenters. The highest BCUT2D eigenvalue weighted by atomic mass is 32.2. The van der Waals surface area contributed by atoms with Crippen LogP contribution in [0.2, 0.25) is 0 Å². The molecule has 33 heavy (non-hydrogen) atoms. The first-order valence-electron chi connectivity index (χ1n) is 10.1. The van der Waals surface area contributed by atoms with E-state index >= 15 is 0 Å². The summed E-state index contributed by atoms with van der Waals surface area (Å²) >= 11 is 2.58. The lowest BCUT2D eigenvalue weighted by Gasteiger charge is -2.14. The highest BCUT2D eigenvalue weighted by Crippen LogP contribution is 2.27. The third-order valence-electron chi connectivity index (χ3n) is 4.88. The number of benzene rings is 2. The summed E-state index contributed by atoms with van der Waals surface area (Å²) in [6.45, 7) is 3.97. The van der Waals surface area contributed by atoms with Crippen LogP contribution in [0.1, 0.15) is 11.1 Å². The number of nitrogens with one attached hydrogen (secondary N) is 1. The fraction of sp³-hybridized carbons (Fsp3) is 0.208. The Bertz CT molecular complexity index is 1350. The number of anilines is 1. The van der Waals surface area contributed by atoms with Crippen LogP contribution in [-0.2, 0) is 4.79 Å². The maximum absolute atomic E-state index is 13.3. The first-order valence-corrected chi connectivity index (χ1v) is 12.0. The standard InChI is InChI=1S/C24H23N3O4S2/c1-14-7-15(2)9-17(8-14)27-23(29)22-20(5-6-32-22)26-24(27)33-13-21(28)25-16-10-18(30-3)12-19(11-16)31-4/h5-12H,13H2,1-4H3,(H,25,28). The van der Waals surface area contributed by atoms with Gasteiger partial charge >= 0.3 is 0 Å². The molecule has 0 unspecified atom stereocenters. The third-order valence-corrected chi connectivity index (χ3v) is 6.71. The minimum absolute atomic E-state index is 0.0758. The Kier molecular flexibility index (Phi) is 6.71. The van der Waals surface area contributed by atoms with Crippen LogP contribution in [0.3, 0.4) is 0 Å². The average molecular weight is 482 g/mol. The molecule has 0 aliphatic heterocycles. The van der Waals surface area contributed by atoms with E-state index in [1.54, 1.807) is 37.0 Å². The van der Waals surface area contributed by atoms with Crippen molar-refractivity contribution in [1.29, 1.82) is 0 Å². The van der Waals surface area contributed by atoms with Gasteiger partial charge in [0, 0.05) is 23.9 Å². The van der Waals surface area contributed by atoms with E-state index in [1.165, 1.54) is 23.1 Å². The second-order valence-corrected chi connectivity index (χ2v) is 9.31. The zero-order chi connectivity index (χ0) is 23.5. The number of thioether (sulfide) groups is 1. The third kappa shape index (κ3) is 5.04. The summed E-state index contributed by atoms with van der Waals surface area (Å²) in [5.74, 6) is 0.991. The maximum Gasteiger partial charge on any atom is 0.276 e. The molecule has 0 aliphatic carbocycles. The lowest BCUT2D eigenvalue weighted by atomic mass is 10.1. The SMILES string of the molecule is COc1cc(NC(=O)CSc2nc3ccsc3c(=O)n2-c2cc(C)cc(C)c2)cc(OC)c1. The molecule has 2 heterocycles. The van der Waals surface area contributed by atoms with Gasteiger partial charge in [0.15, 0.2) is 5.16 Å². The number of fused-ring (bicyclic) bond motifs is 1. The quantitative estimate of drug-likeness (QED) is 0.301. The molecule has 0 radical (unpaired) electrons. The predicted molar refractivity (Wildman–Crippen MR) is 134 cm³/mol. The zero-order valence-electron chi connectivity index (χ0n) is 18.7. The minimum atomic E-state index is -0.234. The molecule has 9 heteroatoms. The Morgan fingerprint density at radius 1 is 1.06 bits per heavy atom. The van der Waals surface area contributed by atoms with E-state index < -0.39 is 0 Å². The van der Waals surface area contributed by atoms with Crippen LogP contribution in [0.4, 0.5) is 5.69 Å². The van der Waals surface area contributed by atoms with Crippen molar-refractivity contribution in [3.63, 3.8) is 0 Å². The normalized spacial score (nSPS) is 10.9. The van der Waals surface area contributed by atoms with Gasteiger partial charge in [-0.15, -0.1) is 11.3 Å². The van der Waals surface area contributed by atoms with Gasteiger partial charge in [-0.25, -0.2) is 4.98 Å². The molecule has 4 aromatic rings. The van der Waals surface area contributed by atoms with Crippen LogP contribution in [0, 0.1) is 13.8 Å². The summed E-state index contributed by atoms with van der Waals surface area (Å²) in [7, 11) is 3.10. The van der Waals surface area contributed by atoms with Gasteiger partial charge in [0.05, 0.1) is 31.2 Å². The summed E-state index contributed by atoms with van der Waals surface area (Å²) in [5, 5.41) is 5.17. The van der Waals surface area contributed by atoms with Crippen molar-refractivity contribution >= 4 is 44.9 Å². The zero-order valence-corrected chi connectivity index (χ0v) is 20.3. The lowest BCUT2D eigenvalue weighted by Crippen LogP contribution is -2.22. The second-order valence-electron chi connectivity index (χ2n) is 7.45. The number of nitrogens with zero attached hydrogens (tertiary/aromatic N) is 2. The molecule has 0 bridgehead atoms. The fourth-order valence-corrected chi connectivity index (χ4v) is 5.08. The van der Waals surface area contributed by atoms with Crippen molar-refractivity contribution < 1.29 is 14.3 Å². The molecule has 1 N–H and O–H groups in total. The Hall–Kier alpha value is -3.30. The van der Waals surface area contributed by atoms with Crippen LogP contribution in [0.15, 0.2) is 57.8 Å². The van der Waals surface area contributed by atoms with Crippen LogP contribution in [0.25, 0.3) is 15.9 Å². The number of carbonyl (C=O) groups excluding carboxylic acids is 1. The number of aromatic nitrogens is 2. The molecule has 4 rings (SSSR count). The average Bonchev–Trinajstić information content (AvgIpc) is 3.25. The molecule has 2 aromatic heterocycles. The topological polar surface area (TPSA) is 82.5 Å². The highest BCUT2D eigenvalue weighted by molar-refractivity contribution is 7.99. The Labute approximate surface area is 199 Å². The van der Waals surface area contributed by atoms with Crippen molar-refractivity contribution in [2.45, 2.75) is 19.0 Å². The molecule has 0 saturated carbocycles. The van der Waals surface area contributed by atoms with Crippen molar-refractivity contribution in [1.82, 2.24) is 9.55 Å². The van der Waals surface area contributed by atoms with E-state index in [0.717, 1.165) is 16.8 Å². The summed E-state index contributed by atoms with van der Waals surface area (Å²) in [6, 6.07) is 12.9. The molecule has 2 aromatic carbocycles. The number of rotatable bonds is 7. The van der Waals surface area contributed by atoms with Gasteiger partial charge in [-0.2, -0.15) is 0 Å². The monoisotopic (exact) mass is 481 g/mol. The largest absolute Gasteiger partial charge is 0.497 e. The van der Waals surface area contributed by atoms with Gasteiger partial charge in [0.1, 0.15) is 16.2 Å². The number of ether oxygens (including phenoxy) is 2. The first kappa shape index (κ1) is 22.9. The molecule has 0 spiro atoms. The van der Waals surface area contributed by atoms with Gasteiger partial charge in [-0.05, 0) is 48.6 Å². The van der Waals surface area contributed by atoms with E-state index in [1.807, 2.05) is 43.5 Å². The molecule has 1 amide bonds. The molecular formula is C24H23N3O4S2. The fourth-order valence-electron chi connectivity index (χ4n) is 3.50. The van der Waals surface area contributed by atoms with Crippen molar-refractivity contribution in [3.05, 3.63) is 69.3 Å². The number of methoxy groups -OCH3 is 2. The van der Waals surface area contributed by atoms with Gasteiger partial charge in [-0.1, -0.05) is 17.8 Å². The van der Waals surface area contributed by atoms with E-state index in [-0.39, 0.29) is 17.2 Å². The number of hydrogen-bond acceptors (Lipinski definition) is 7. The number of amides is 1.